The van der Waals surface area contributed by atoms with Gasteiger partial charge in [-0.1, -0.05) is 0 Å². The summed E-state index contributed by atoms with van der Waals surface area (Å²) in [6.45, 7) is 0. The van der Waals surface area contributed by atoms with Crippen LogP contribution in [-0.2, 0) is 5.75 Å². The van der Waals surface area contributed by atoms with Gasteiger partial charge in [0.05, 0.1) is 17.0 Å². The third kappa shape index (κ3) is 3.23. The molecule has 13 heavy (non-hydrogen) atoms. The number of hydrogen-bond acceptors (Lipinski definition) is 4. The first-order valence-corrected chi connectivity index (χ1v) is 5.58. The van der Waals surface area contributed by atoms with Crippen molar-refractivity contribution in [2.75, 3.05) is 14.1 Å². The molecule has 0 atom stereocenters. The summed E-state index contributed by atoms with van der Waals surface area (Å²) in [4.78, 5) is 15.2. The van der Waals surface area contributed by atoms with Gasteiger partial charge in [0.25, 0.3) is 0 Å². The van der Waals surface area contributed by atoms with Crippen LogP contribution in [0.15, 0.2) is 10.9 Å². The summed E-state index contributed by atoms with van der Waals surface area (Å²) < 4.78 is 1.55. The second-order valence-corrected chi connectivity index (χ2v) is 4.12. The Hall–Kier alpha value is -0.750. The molecule has 0 saturated carbocycles. The average molecular weight is 217 g/mol. The van der Waals surface area contributed by atoms with E-state index in [0.29, 0.717) is 0 Å². The number of hydrogen-bond donors (Lipinski definition) is 1. The molecule has 2 amide bonds. The van der Waals surface area contributed by atoms with E-state index in [4.69, 9.17) is 0 Å². The second-order valence-electron chi connectivity index (χ2n) is 2.31. The minimum atomic E-state index is -0.0970. The van der Waals surface area contributed by atoms with Crippen LogP contribution < -0.4 is 5.32 Å². The van der Waals surface area contributed by atoms with Crippen molar-refractivity contribution in [2.24, 2.45) is 0 Å². The van der Waals surface area contributed by atoms with Crippen molar-refractivity contribution in [3.63, 3.8) is 0 Å². The van der Waals surface area contributed by atoms with Gasteiger partial charge in [0, 0.05) is 19.5 Å². The molecule has 0 fully saturated rings. The van der Waals surface area contributed by atoms with Crippen LogP contribution in [0.2, 0.25) is 0 Å². The second kappa shape index (κ2) is 5.08. The van der Waals surface area contributed by atoms with Crippen LogP contribution in [0.4, 0.5) is 4.79 Å². The third-order valence-corrected chi connectivity index (χ3v) is 3.00. The van der Waals surface area contributed by atoms with Crippen molar-refractivity contribution in [1.29, 1.82) is 0 Å². The quantitative estimate of drug-likeness (QED) is 0.782. The molecule has 0 radical (unpaired) electrons. The standard InChI is InChI=1S/C7H11N3OS2/c1-8-7(11)10(2)13-4-6-3-12-5-9-6/h3,5H,4H2,1-2H3,(H,8,11). The van der Waals surface area contributed by atoms with Gasteiger partial charge in [-0.15, -0.1) is 11.3 Å². The maximum atomic E-state index is 11.0. The third-order valence-electron chi connectivity index (χ3n) is 1.39. The lowest BCUT2D eigenvalue weighted by atomic mass is 10.6. The number of nitrogens with one attached hydrogen (secondary N) is 1. The van der Waals surface area contributed by atoms with Crippen molar-refractivity contribution < 1.29 is 4.79 Å². The van der Waals surface area contributed by atoms with Crippen LogP contribution in [0.1, 0.15) is 5.69 Å². The van der Waals surface area contributed by atoms with Gasteiger partial charge in [-0.2, -0.15) is 0 Å². The largest absolute Gasteiger partial charge is 0.340 e. The highest BCUT2D eigenvalue weighted by molar-refractivity contribution is 7.96. The predicted molar refractivity (Wildman–Crippen MR) is 55.6 cm³/mol. The summed E-state index contributed by atoms with van der Waals surface area (Å²) in [5.74, 6) is 0.730. The number of carbonyl (C=O) groups excluding carboxylic acids is 1. The predicted octanol–water partition coefficient (Wildman–Crippen LogP) is 1.56. The zero-order valence-corrected chi connectivity index (χ0v) is 9.11. The van der Waals surface area contributed by atoms with E-state index in [9.17, 15) is 4.79 Å². The van der Waals surface area contributed by atoms with Gasteiger partial charge in [0.1, 0.15) is 0 Å². The first-order valence-electron chi connectivity index (χ1n) is 3.69. The summed E-state index contributed by atoms with van der Waals surface area (Å²) in [6.07, 6.45) is 0. The minimum absolute atomic E-state index is 0.0970. The molecule has 72 valence electrons. The van der Waals surface area contributed by atoms with Gasteiger partial charge in [0.2, 0.25) is 0 Å². The smallest absolute Gasteiger partial charge is 0.326 e. The van der Waals surface area contributed by atoms with Gasteiger partial charge in [-0.05, 0) is 11.9 Å². The molecule has 1 aromatic rings. The Kier molecular flexibility index (Phi) is 4.04. The van der Waals surface area contributed by atoms with Crippen LogP contribution in [-0.4, -0.2) is 29.4 Å². The molecule has 0 aromatic carbocycles. The molecule has 1 aromatic heterocycles. The maximum Gasteiger partial charge on any atom is 0.326 e. The highest BCUT2D eigenvalue weighted by Crippen LogP contribution is 2.14. The Morgan fingerprint density at radius 3 is 3.15 bits per heavy atom. The molecule has 0 unspecified atom stereocenters. The Bertz CT molecular complexity index is 263. The molecule has 0 aliphatic heterocycles. The number of carbonyl (C=O) groups is 1. The number of nitrogens with zero attached hydrogens (tertiary/aromatic N) is 2. The summed E-state index contributed by atoms with van der Waals surface area (Å²) >= 11 is 2.99. The molecular formula is C7H11N3OS2. The van der Waals surface area contributed by atoms with Crippen molar-refractivity contribution in [3.8, 4) is 0 Å². The van der Waals surface area contributed by atoms with E-state index in [1.807, 2.05) is 5.38 Å². The highest BCUT2D eigenvalue weighted by atomic mass is 32.2. The van der Waals surface area contributed by atoms with E-state index < -0.39 is 0 Å². The molecule has 0 bridgehead atoms. The van der Waals surface area contributed by atoms with Crippen molar-refractivity contribution in [1.82, 2.24) is 14.6 Å². The van der Waals surface area contributed by atoms with E-state index in [2.05, 4.69) is 10.3 Å². The van der Waals surface area contributed by atoms with Crippen molar-refractivity contribution in [2.45, 2.75) is 5.75 Å². The lowest BCUT2D eigenvalue weighted by Crippen LogP contribution is -2.29. The maximum absolute atomic E-state index is 11.0. The fourth-order valence-corrected chi connectivity index (χ4v) is 2.04. The van der Waals surface area contributed by atoms with E-state index in [1.165, 1.54) is 11.9 Å². The zero-order chi connectivity index (χ0) is 9.68. The van der Waals surface area contributed by atoms with Crippen molar-refractivity contribution in [3.05, 3.63) is 16.6 Å². The van der Waals surface area contributed by atoms with Crippen LogP contribution in [0.25, 0.3) is 0 Å². The topological polar surface area (TPSA) is 45.2 Å². The molecular weight excluding hydrogens is 206 g/mol. The fourth-order valence-electron chi connectivity index (χ4n) is 0.688. The molecule has 1 rings (SSSR count). The zero-order valence-electron chi connectivity index (χ0n) is 7.48. The van der Waals surface area contributed by atoms with E-state index in [1.54, 1.807) is 35.2 Å². The van der Waals surface area contributed by atoms with E-state index in [0.717, 1.165) is 11.4 Å². The van der Waals surface area contributed by atoms with Gasteiger partial charge < -0.3 is 5.32 Å². The lowest BCUT2D eigenvalue weighted by molar-refractivity contribution is 0.233. The van der Waals surface area contributed by atoms with Gasteiger partial charge in [-0.3, -0.25) is 4.31 Å². The molecule has 1 heterocycles. The lowest BCUT2D eigenvalue weighted by Gasteiger charge is -2.13. The number of rotatable bonds is 3. The summed E-state index contributed by atoms with van der Waals surface area (Å²) in [7, 11) is 3.35. The number of amides is 2. The minimum Gasteiger partial charge on any atom is -0.340 e. The Balaban J connectivity index is 2.30. The molecule has 0 aliphatic carbocycles. The number of urea groups is 1. The van der Waals surface area contributed by atoms with Crippen LogP contribution >= 0.6 is 23.3 Å². The monoisotopic (exact) mass is 217 g/mol. The number of aromatic nitrogens is 1. The highest BCUT2D eigenvalue weighted by Gasteiger charge is 2.06. The molecule has 0 saturated heterocycles. The SMILES string of the molecule is CNC(=O)N(C)SCc1cscn1. The van der Waals surface area contributed by atoms with E-state index in [-0.39, 0.29) is 6.03 Å². The van der Waals surface area contributed by atoms with Crippen LogP contribution in [0.5, 0.6) is 0 Å². The first kappa shape index (κ1) is 10.3. The Morgan fingerprint density at radius 1 is 1.85 bits per heavy atom. The average Bonchev–Trinajstić information content (AvgIpc) is 2.65. The molecule has 6 heteroatoms. The van der Waals surface area contributed by atoms with Gasteiger partial charge >= 0.3 is 6.03 Å². The number of thiazole rings is 1. The summed E-state index contributed by atoms with van der Waals surface area (Å²) in [5.41, 5.74) is 2.79. The Labute approximate surface area is 85.5 Å². The Morgan fingerprint density at radius 2 is 2.62 bits per heavy atom. The van der Waals surface area contributed by atoms with Crippen LogP contribution in [0, 0.1) is 0 Å². The summed E-state index contributed by atoms with van der Waals surface area (Å²) in [6, 6.07) is -0.0970. The molecule has 4 nitrogen and oxygen atoms in total. The van der Waals surface area contributed by atoms with Crippen molar-refractivity contribution >= 4 is 29.3 Å². The normalized spacial score (nSPS) is 9.69. The molecule has 0 spiro atoms. The van der Waals surface area contributed by atoms with Gasteiger partial charge in [-0.25, -0.2) is 9.78 Å². The molecule has 0 aliphatic rings. The molecule has 1 N–H and O–H groups in total. The fraction of sp³-hybridized carbons (Fsp3) is 0.429. The van der Waals surface area contributed by atoms with Gasteiger partial charge in [0.15, 0.2) is 0 Å². The van der Waals surface area contributed by atoms with E-state index >= 15 is 0 Å². The van der Waals surface area contributed by atoms with Crippen LogP contribution in [0.3, 0.4) is 0 Å². The summed E-state index contributed by atoms with van der Waals surface area (Å²) in [5, 5.41) is 4.52. The first-order chi connectivity index (χ1) is 6.24.